The number of carbonyl (C=O) groups excluding carboxylic acids is 1. The molecular weight excluding hydrogens is 453 g/mol. The summed E-state index contributed by atoms with van der Waals surface area (Å²) in [5.74, 6) is -1.95. The van der Waals surface area contributed by atoms with Crippen LogP contribution >= 0.6 is 7.44 Å². The van der Waals surface area contributed by atoms with E-state index in [-0.39, 0.29) is 24.8 Å². The number of carboxylic acids is 1. The molecule has 0 aliphatic carbocycles. The van der Waals surface area contributed by atoms with Crippen LogP contribution in [0.5, 0.6) is 0 Å². The number of carboxylic acid groups (broad SMARTS) is 1. The fraction of sp³-hybridized carbons (Fsp3) is 0.632. The summed E-state index contributed by atoms with van der Waals surface area (Å²) in [6, 6.07) is -1.10. The second-order valence-corrected chi connectivity index (χ2v) is 10.4. The first kappa shape index (κ1) is 26.7. The van der Waals surface area contributed by atoms with Gasteiger partial charge in [-0.3, -0.25) is 19.2 Å². The number of nitrogens with one attached hydrogen (secondary N) is 2. The van der Waals surface area contributed by atoms with Gasteiger partial charge in [-0.25, -0.2) is 20.0 Å². The zero-order valence-electron chi connectivity index (χ0n) is 19.4. The van der Waals surface area contributed by atoms with Gasteiger partial charge in [0.1, 0.15) is 24.2 Å². The van der Waals surface area contributed by atoms with E-state index in [1.54, 1.807) is 38.6 Å². The average molecular weight is 485 g/mol. The number of aromatic nitrogens is 4. The van der Waals surface area contributed by atoms with Crippen LogP contribution in [0.1, 0.15) is 34.6 Å². The monoisotopic (exact) mass is 485 g/mol. The summed E-state index contributed by atoms with van der Waals surface area (Å²) in [4.78, 5) is 35.6. The standard InChI is InChI=1S/C19H32N7O6P/c1-11(2)32-19(29)12(3)6-24-33(30,25-14(5)18(27)28)10-31-13(4)7-26-9-23-15-16(20)21-8-22-17(15)26/h8-9,11-14H,6-7,10H2,1-5H3,(H,27,28)(H2,20,21,22)(H2,24,25,30)/t12-,13+,14+,33?/m0/s1. The van der Waals surface area contributed by atoms with E-state index in [2.05, 4.69) is 25.1 Å². The van der Waals surface area contributed by atoms with E-state index < -0.39 is 37.4 Å². The summed E-state index contributed by atoms with van der Waals surface area (Å²) in [6.07, 6.45) is 1.88. The number of hydrogen-bond donors (Lipinski definition) is 4. The lowest BCUT2D eigenvalue weighted by molar-refractivity contribution is -0.151. The Morgan fingerprint density at radius 2 is 1.91 bits per heavy atom. The third-order valence-corrected chi connectivity index (χ3v) is 6.61. The van der Waals surface area contributed by atoms with Gasteiger partial charge >= 0.3 is 11.9 Å². The van der Waals surface area contributed by atoms with Gasteiger partial charge in [0.05, 0.1) is 31.0 Å². The molecule has 1 unspecified atom stereocenters. The number of esters is 1. The summed E-state index contributed by atoms with van der Waals surface area (Å²) >= 11 is 0. The lowest BCUT2D eigenvalue weighted by atomic mass is 10.2. The number of carbonyl (C=O) groups is 2. The van der Waals surface area contributed by atoms with Crippen molar-refractivity contribution < 1.29 is 28.7 Å². The van der Waals surface area contributed by atoms with Crippen LogP contribution in [0.2, 0.25) is 0 Å². The highest BCUT2D eigenvalue weighted by Gasteiger charge is 2.30. The van der Waals surface area contributed by atoms with Crippen molar-refractivity contribution >= 4 is 36.4 Å². The topological polar surface area (TPSA) is 184 Å². The quantitative estimate of drug-likeness (QED) is 0.235. The molecule has 0 saturated carbocycles. The predicted octanol–water partition coefficient (Wildman–Crippen LogP) is 1.20. The van der Waals surface area contributed by atoms with Crippen LogP contribution in [0.4, 0.5) is 5.82 Å². The van der Waals surface area contributed by atoms with Gasteiger partial charge in [-0.05, 0) is 27.7 Å². The van der Waals surface area contributed by atoms with E-state index in [0.29, 0.717) is 17.7 Å². The maximum Gasteiger partial charge on any atom is 0.320 e. The van der Waals surface area contributed by atoms with E-state index in [1.165, 1.54) is 13.3 Å². The van der Waals surface area contributed by atoms with Crippen molar-refractivity contribution in [2.75, 3.05) is 18.6 Å². The number of imidazole rings is 1. The molecule has 2 heterocycles. The highest BCUT2D eigenvalue weighted by atomic mass is 31.2. The Morgan fingerprint density at radius 1 is 1.21 bits per heavy atom. The molecule has 0 aromatic carbocycles. The molecule has 14 heteroatoms. The van der Waals surface area contributed by atoms with Gasteiger partial charge in [0, 0.05) is 6.54 Å². The molecule has 4 atom stereocenters. The summed E-state index contributed by atoms with van der Waals surface area (Å²) in [6.45, 7) is 8.59. The van der Waals surface area contributed by atoms with Crippen LogP contribution in [0.15, 0.2) is 12.7 Å². The minimum Gasteiger partial charge on any atom is -0.480 e. The first-order chi connectivity index (χ1) is 15.4. The molecule has 5 N–H and O–H groups in total. The zero-order chi connectivity index (χ0) is 24.8. The third-order valence-electron chi connectivity index (χ3n) is 4.60. The van der Waals surface area contributed by atoms with Gasteiger partial charge in [-0.15, -0.1) is 0 Å². The van der Waals surface area contributed by atoms with Gasteiger partial charge < -0.3 is 24.9 Å². The molecule has 13 nitrogen and oxygen atoms in total. The zero-order valence-corrected chi connectivity index (χ0v) is 20.3. The van der Waals surface area contributed by atoms with E-state index in [9.17, 15) is 19.3 Å². The molecule has 0 aliphatic rings. The second kappa shape index (κ2) is 11.5. The Balaban J connectivity index is 2.03. The number of aliphatic carboxylic acids is 1. The second-order valence-electron chi connectivity index (χ2n) is 8.11. The van der Waals surface area contributed by atoms with Crippen LogP contribution in [-0.2, 0) is 30.2 Å². The number of nitrogens with zero attached hydrogens (tertiary/aromatic N) is 4. The Bertz CT molecular complexity index is 1010. The molecule has 2 aromatic rings. The normalized spacial score (nSPS) is 16.3. The first-order valence-electron chi connectivity index (χ1n) is 10.5. The smallest absolute Gasteiger partial charge is 0.320 e. The Kier molecular flexibility index (Phi) is 9.29. The minimum absolute atomic E-state index is 0.0161. The SMILES string of the molecule is CC(C)OC(=O)[C@@H](C)CNP(=O)(CO[C@H](C)Cn1cnc2c(N)ncnc21)N[C@H](C)C(=O)O. The summed E-state index contributed by atoms with van der Waals surface area (Å²) in [5.41, 5.74) is 6.81. The number of fused-ring (bicyclic) bond motifs is 1. The van der Waals surface area contributed by atoms with Crippen molar-refractivity contribution in [2.24, 2.45) is 5.92 Å². The minimum atomic E-state index is -3.54. The van der Waals surface area contributed by atoms with Crippen LogP contribution in [0.25, 0.3) is 11.2 Å². The van der Waals surface area contributed by atoms with Gasteiger partial charge in [0.15, 0.2) is 11.5 Å². The summed E-state index contributed by atoms with van der Waals surface area (Å²) < 4.78 is 26.1. The van der Waals surface area contributed by atoms with Crippen molar-refractivity contribution in [1.29, 1.82) is 0 Å². The molecule has 0 spiro atoms. The summed E-state index contributed by atoms with van der Waals surface area (Å²) in [5, 5.41) is 14.6. The molecule has 0 fully saturated rings. The molecule has 0 radical (unpaired) electrons. The summed E-state index contributed by atoms with van der Waals surface area (Å²) in [7, 11) is -3.54. The van der Waals surface area contributed by atoms with Crippen LogP contribution in [-0.4, -0.2) is 67.7 Å². The molecule has 2 aromatic heterocycles. The largest absolute Gasteiger partial charge is 0.480 e. The molecule has 184 valence electrons. The molecule has 0 saturated heterocycles. The molecule has 2 rings (SSSR count). The predicted molar refractivity (Wildman–Crippen MR) is 121 cm³/mol. The highest BCUT2D eigenvalue weighted by molar-refractivity contribution is 7.59. The molecular formula is C19H32N7O6P. The van der Waals surface area contributed by atoms with Crippen molar-refractivity contribution in [3.63, 3.8) is 0 Å². The van der Waals surface area contributed by atoms with E-state index in [4.69, 9.17) is 15.2 Å². The number of ether oxygens (including phenoxy) is 2. The number of nitrogens with two attached hydrogens (primary N) is 1. The average Bonchev–Trinajstić information content (AvgIpc) is 3.14. The maximum absolute atomic E-state index is 13.4. The van der Waals surface area contributed by atoms with Crippen molar-refractivity contribution in [2.45, 2.75) is 59.4 Å². The third kappa shape index (κ3) is 7.74. The molecule has 33 heavy (non-hydrogen) atoms. The number of anilines is 1. The van der Waals surface area contributed by atoms with Gasteiger partial charge in [-0.1, -0.05) is 6.92 Å². The maximum atomic E-state index is 13.4. The van der Waals surface area contributed by atoms with Crippen LogP contribution < -0.4 is 15.9 Å². The highest BCUT2D eigenvalue weighted by Crippen LogP contribution is 2.37. The fourth-order valence-electron chi connectivity index (χ4n) is 2.81. The Labute approximate surface area is 191 Å². The molecule has 0 amide bonds. The van der Waals surface area contributed by atoms with Gasteiger partial charge in [0.2, 0.25) is 7.44 Å². The number of nitrogen functional groups attached to an aromatic ring is 1. The van der Waals surface area contributed by atoms with Crippen molar-refractivity contribution in [3.8, 4) is 0 Å². The molecule has 0 aliphatic heterocycles. The lowest BCUT2D eigenvalue weighted by Crippen LogP contribution is -2.39. The Hall–Kier alpha value is -2.60. The lowest BCUT2D eigenvalue weighted by Gasteiger charge is -2.26. The van der Waals surface area contributed by atoms with Crippen molar-refractivity contribution in [3.05, 3.63) is 12.7 Å². The van der Waals surface area contributed by atoms with Gasteiger partial charge in [-0.2, -0.15) is 0 Å². The van der Waals surface area contributed by atoms with Crippen LogP contribution in [0.3, 0.4) is 0 Å². The van der Waals surface area contributed by atoms with Crippen molar-refractivity contribution in [1.82, 2.24) is 29.7 Å². The van der Waals surface area contributed by atoms with Crippen LogP contribution in [0, 0.1) is 5.92 Å². The number of rotatable bonds is 13. The Morgan fingerprint density at radius 3 is 2.55 bits per heavy atom. The van der Waals surface area contributed by atoms with E-state index in [0.717, 1.165) is 0 Å². The van der Waals surface area contributed by atoms with E-state index >= 15 is 0 Å². The first-order valence-corrected chi connectivity index (χ1v) is 12.4. The number of hydrogen-bond acceptors (Lipinski definition) is 9. The van der Waals surface area contributed by atoms with E-state index in [1.807, 2.05) is 0 Å². The van der Waals surface area contributed by atoms with Gasteiger partial charge in [0.25, 0.3) is 0 Å². The molecule has 0 bridgehead atoms. The fourth-order valence-corrected chi connectivity index (χ4v) is 4.83.